The number of benzene rings is 2. The van der Waals surface area contributed by atoms with E-state index in [0.717, 1.165) is 16.9 Å². The fourth-order valence-corrected chi connectivity index (χ4v) is 3.00. The molecule has 0 unspecified atom stereocenters. The maximum atomic E-state index is 12.1. The number of carbonyl (C=O) groups excluding carboxylic acids is 1. The highest BCUT2D eigenvalue weighted by Gasteiger charge is 2.21. The molecule has 0 amide bonds. The molecule has 0 saturated heterocycles. The number of para-hydroxylation sites is 1. The lowest BCUT2D eigenvalue weighted by Crippen LogP contribution is -2.25. The summed E-state index contributed by atoms with van der Waals surface area (Å²) in [6.07, 6.45) is -0.700. The molecule has 0 radical (unpaired) electrons. The highest BCUT2D eigenvalue weighted by atomic mass is 32.1. The molecule has 3 aromatic rings. The average Bonchev–Trinajstić information content (AvgIpc) is 2.84. The molecule has 0 bridgehead atoms. The molecule has 1 aromatic heterocycles. The summed E-state index contributed by atoms with van der Waals surface area (Å²) in [7, 11) is 0. The third-order valence-corrected chi connectivity index (χ3v) is 4.22. The Bertz CT molecular complexity index is 912. The van der Waals surface area contributed by atoms with Gasteiger partial charge >= 0.3 is 11.0 Å². The van der Waals surface area contributed by atoms with Crippen molar-refractivity contribution in [1.29, 1.82) is 0 Å². The van der Waals surface area contributed by atoms with Crippen LogP contribution in [0.25, 0.3) is 0 Å². The standard InChI is InChI=1S/C17H13NO5S/c19-12-8-6-11(7-9-12)10-14-15(20)18(17(22)24-14)16(21)23-13-4-2-1-3-5-13/h1-9,19-20H,10H2. The Labute approximate surface area is 140 Å². The Morgan fingerprint density at radius 2 is 1.71 bits per heavy atom. The van der Waals surface area contributed by atoms with Crippen molar-refractivity contribution in [2.45, 2.75) is 6.42 Å². The van der Waals surface area contributed by atoms with Gasteiger partial charge in [0.05, 0.1) is 4.88 Å². The van der Waals surface area contributed by atoms with E-state index in [2.05, 4.69) is 0 Å². The van der Waals surface area contributed by atoms with Gasteiger partial charge in [-0.2, -0.15) is 4.57 Å². The van der Waals surface area contributed by atoms with Crippen LogP contribution in [-0.2, 0) is 6.42 Å². The van der Waals surface area contributed by atoms with E-state index < -0.39 is 16.8 Å². The summed E-state index contributed by atoms with van der Waals surface area (Å²) in [5.41, 5.74) is 0.785. The van der Waals surface area contributed by atoms with E-state index in [9.17, 15) is 19.8 Å². The SMILES string of the molecule is O=C(Oc1ccccc1)n1c(O)c(Cc2ccc(O)cc2)sc1=O. The molecule has 0 fully saturated rings. The Kier molecular flexibility index (Phi) is 4.35. The maximum Gasteiger partial charge on any atom is 0.430 e. The van der Waals surface area contributed by atoms with Gasteiger partial charge in [-0.3, -0.25) is 4.79 Å². The second-order valence-corrected chi connectivity index (χ2v) is 6.02. The van der Waals surface area contributed by atoms with Crippen LogP contribution in [0.15, 0.2) is 59.4 Å². The van der Waals surface area contributed by atoms with Gasteiger partial charge in [-0.1, -0.05) is 41.7 Å². The second-order valence-electron chi connectivity index (χ2n) is 4.97. The number of nitrogens with zero attached hydrogens (tertiary/aromatic N) is 1. The summed E-state index contributed by atoms with van der Waals surface area (Å²) in [4.78, 5) is 23.9. The first-order chi connectivity index (χ1) is 11.5. The van der Waals surface area contributed by atoms with Gasteiger partial charge in [0, 0.05) is 6.42 Å². The molecule has 122 valence electrons. The first kappa shape index (κ1) is 15.8. The van der Waals surface area contributed by atoms with Gasteiger partial charge in [0.1, 0.15) is 11.5 Å². The Hall–Kier alpha value is -3.06. The number of carbonyl (C=O) groups is 1. The first-order valence-electron chi connectivity index (χ1n) is 7.03. The summed E-state index contributed by atoms with van der Waals surface area (Å²) in [6.45, 7) is 0. The van der Waals surface area contributed by atoms with Gasteiger partial charge in [0.25, 0.3) is 0 Å². The van der Waals surface area contributed by atoms with Crippen LogP contribution < -0.4 is 9.61 Å². The van der Waals surface area contributed by atoms with Crippen molar-refractivity contribution in [2.24, 2.45) is 0 Å². The number of rotatable bonds is 3. The number of aromatic nitrogens is 1. The zero-order chi connectivity index (χ0) is 17.1. The lowest BCUT2D eigenvalue weighted by Gasteiger charge is -2.05. The predicted molar refractivity (Wildman–Crippen MR) is 89.0 cm³/mol. The molecule has 6 nitrogen and oxygen atoms in total. The number of thiazole rings is 1. The summed E-state index contributed by atoms with van der Waals surface area (Å²) in [5.74, 6) is -0.0285. The van der Waals surface area contributed by atoms with E-state index in [1.54, 1.807) is 42.5 Å². The number of aromatic hydroxyl groups is 2. The van der Waals surface area contributed by atoms with Crippen molar-refractivity contribution in [3.05, 3.63) is 74.7 Å². The molecule has 0 atom stereocenters. The molecule has 0 aliphatic rings. The molecule has 0 saturated carbocycles. The lowest BCUT2D eigenvalue weighted by molar-refractivity contribution is 0.198. The van der Waals surface area contributed by atoms with Gasteiger partial charge in [0.15, 0.2) is 0 Å². The van der Waals surface area contributed by atoms with Crippen molar-refractivity contribution in [3.63, 3.8) is 0 Å². The average molecular weight is 343 g/mol. The van der Waals surface area contributed by atoms with Crippen molar-refractivity contribution in [2.75, 3.05) is 0 Å². The lowest BCUT2D eigenvalue weighted by atomic mass is 10.1. The quantitative estimate of drug-likeness (QED) is 0.763. The summed E-state index contributed by atoms with van der Waals surface area (Å²) in [6, 6.07) is 14.7. The van der Waals surface area contributed by atoms with Gasteiger partial charge in [0.2, 0.25) is 5.88 Å². The molecule has 2 N–H and O–H groups in total. The second kappa shape index (κ2) is 6.59. The van der Waals surface area contributed by atoms with Gasteiger partial charge in [-0.05, 0) is 29.8 Å². The van der Waals surface area contributed by atoms with E-state index in [-0.39, 0.29) is 17.9 Å². The fourth-order valence-electron chi connectivity index (χ4n) is 2.12. The third-order valence-electron chi connectivity index (χ3n) is 3.29. The van der Waals surface area contributed by atoms with E-state index >= 15 is 0 Å². The van der Waals surface area contributed by atoms with Crippen molar-refractivity contribution < 1.29 is 19.7 Å². The molecule has 0 aliphatic heterocycles. The molecular formula is C17H13NO5S. The van der Waals surface area contributed by atoms with Crippen LogP contribution in [-0.4, -0.2) is 20.9 Å². The Morgan fingerprint density at radius 1 is 1.04 bits per heavy atom. The normalized spacial score (nSPS) is 10.5. The van der Waals surface area contributed by atoms with E-state index in [1.807, 2.05) is 0 Å². The minimum atomic E-state index is -0.961. The maximum absolute atomic E-state index is 12.1. The third kappa shape index (κ3) is 3.31. The van der Waals surface area contributed by atoms with Crippen LogP contribution in [0.2, 0.25) is 0 Å². The number of phenols is 1. The molecule has 0 aliphatic carbocycles. The largest absolute Gasteiger partial charge is 0.508 e. The first-order valence-corrected chi connectivity index (χ1v) is 7.85. The highest BCUT2D eigenvalue weighted by molar-refractivity contribution is 7.09. The molecule has 1 heterocycles. The van der Waals surface area contributed by atoms with Gasteiger partial charge in [-0.15, -0.1) is 0 Å². The van der Waals surface area contributed by atoms with Gasteiger partial charge in [-0.25, -0.2) is 4.79 Å². The number of ether oxygens (including phenoxy) is 1. The summed E-state index contributed by atoms with van der Waals surface area (Å²) in [5, 5.41) is 19.5. The van der Waals surface area contributed by atoms with Crippen LogP contribution in [0.3, 0.4) is 0 Å². The number of phenolic OH excluding ortho intramolecular Hbond substituents is 1. The molecular weight excluding hydrogens is 330 g/mol. The monoisotopic (exact) mass is 343 g/mol. The zero-order valence-corrected chi connectivity index (χ0v) is 13.2. The fraction of sp³-hybridized carbons (Fsp3) is 0.0588. The molecule has 24 heavy (non-hydrogen) atoms. The minimum absolute atomic E-state index is 0.125. The van der Waals surface area contributed by atoms with Crippen LogP contribution in [0.5, 0.6) is 17.4 Å². The number of hydrogen-bond acceptors (Lipinski definition) is 6. The van der Waals surface area contributed by atoms with Gasteiger partial charge < -0.3 is 14.9 Å². The molecule has 0 spiro atoms. The topological polar surface area (TPSA) is 88.8 Å². The van der Waals surface area contributed by atoms with Crippen LogP contribution >= 0.6 is 11.3 Å². The number of hydrogen-bond donors (Lipinski definition) is 2. The van der Waals surface area contributed by atoms with E-state index in [1.165, 1.54) is 12.1 Å². The highest BCUT2D eigenvalue weighted by Crippen LogP contribution is 2.24. The van der Waals surface area contributed by atoms with Crippen LogP contribution in [0.1, 0.15) is 10.4 Å². The van der Waals surface area contributed by atoms with Crippen LogP contribution in [0, 0.1) is 0 Å². The molecule has 2 aromatic carbocycles. The predicted octanol–water partition coefficient (Wildman–Crippen LogP) is 2.96. The molecule has 3 rings (SSSR count). The minimum Gasteiger partial charge on any atom is -0.508 e. The Morgan fingerprint density at radius 3 is 2.38 bits per heavy atom. The van der Waals surface area contributed by atoms with Crippen LogP contribution in [0.4, 0.5) is 4.79 Å². The zero-order valence-electron chi connectivity index (χ0n) is 12.4. The summed E-state index contributed by atoms with van der Waals surface area (Å²) < 4.78 is 5.68. The van der Waals surface area contributed by atoms with Crippen molar-refractivity contribution >= 4 is 17.4 Å². The van der Waals surface area contributed by atoms with E-state index in [0.29, 0.717) is 9.44 Å². The molecule has 7 heteroatoms. The smallest absolute Gasteiger partial charge is 0.430 e. The van der Waals surface area contributed by atoms with Crippen molar-refractivity contribution in [3.8, 4) is 17.4 Å². The summed E-state index contributed by atoms with van der Waals surface area (Å²) >= 11 is 0.773. The Balaban J connectivity index is 1.85. The van der Waals surface area contributed by atoms with Crippen molar-refractivity contribution in [1.82, 2.24) is 4.57 Å². The van der Waals surface area contributed by atoms with E-state index in [4.69, 9.17) is 4.74 Å².